The Hall–Kier alpha value is -1.29. The molecule has 1 heterocycles. The number of hydrogen-bond acceptors (Lipinski definition) is 2. The molecule has 0 saturated carbocycles. The zero-order valence-corrected chi connectivity index (χ0v) is 13.5. The predicted molar refractivity (Wildman–Crippen MR) is 83.8 cm³/mol. The number of anilines is 1. The molecule has 0 saturated heterocycles. The molecule has 0 unspecified atom stereocenters. The lowest BCUT2D eigenvalue weighted by atomic mass is 10.1. The van der Waals surface area contributed by atoms with Crippen molar-refractivity contribution in [3.8, 4) is 0 Å². The van der Waals surface area contributed by atoms with E-state index in [-0.39, 0.29) is 0 Å². The van der Waals surface area contributed by atoms with E-state index in [1.807, 2.05) is 6.92 Å². The van der Waals surface area contributed by atoms with E-state index in [4.69, 9.17) is 0 Å². The maximum absolute atomic E-state index is 4.43. The quantitative estimate of drug-likeness (QED) is 0.861. The van der Waals surface area contributed by atoms with Gasteiger partial charge in [-0.05, 0) is 53.4 Å². The summed E-state index contributed by atoms with van der Waals surface area (Å²) in [5.41, 5.74) is 3.85. The normalized spacial score (nSPS) is 10.8. The zero-order chi connectivity index (χ0) is 14.0. The maximum atomic E-state index is 4.43. The summed E-state index contributed by atoms with van der Waals surface area (Å²) >= 11 is 3.53. The van der Waals surface area contributed by atoms with Gasteiger partial charge in [0.15, 0.2) is 0 Å². The summed E-state index contributed by atoms with van der Waals surface area (Å²) < 4.78 is 3.12. The van der Waals surface area contributed by atoms with Crippen LogP contribution in [0, 0.1) is 6.92 Å². The number of benzene rings is 1. The topological polar surface area (TPSA) is 21.1 Å². The molecule has 2 aromatic rings. The van der Waals surface area contributed by atoms with Gasteiger partial charge in [-0.2, -0.15) is 0 Å². The summed E-state index contributed by atoms with van der Waals surface area (Å²) in [5.74, 6) is 1.05. The van der Waals surface area contributed by atoms with Crippen LogP contribution >= 0.6 is 15.9 Å². The molecule has 0 fully saturated rings. The highest BCUT2D eigenvalue weighted by molar-refractivity contribution is 9.10. The van der Waals surface area contributed by atoms with Crippen molar-refractivity contribution in [2.75, 3.05) is 19.0 Å². The molecule has 1 aromatic heterocycles. The Kier molecular flexibility index (Phi) is 4.30. The van der Waals surface area contributed by atoms with Crippen molar-refractivity contribution in [2.24, 2.45) is 7.05 Å². The highest BCUT2D eigenvalue weighted by Crippen LogP contribution is 2.19. The summed E-state index contributed by atoms with van der Waals surface area (Å²) in [6.45, 7) is 2.03. The van der Waals surface area contributed by atoms with Gasteiger partial charge in [-0.3, -0.25) is 0 Å². The van der Waals surface area contributed by atoms with Gasteiger partial charge in [-0.25, -0.2) is 4.98 Å². The van der Waals surface area contributed by atoms with Gasteiger partial charge in [0.1, 0.15) is 10.4 Å². The molecule has 0 aliphatic rings. The summed E-state index contributed by atoms with van der Waals surface area (Å²) in [6, 6.07) is 8.73. The SMILES string of the molecule is Cc1nc(Br)c(CCc2ccc(N(C)C)cc2)n1C. The molecule has 0 radical (unpaired) electrons. The third kappa shape index (κ3) is 3.18. The van der Waals surface area contributed by atoms with Crippen molar-refractivity contribution in [3.05, 3.63) is 46.0 Å². The molecule has 0 N–H and O–H groups in total. The average Bonchev–Trinajstić information content (AvgIpc) is 2.62. The third-order valence-electron chi connectivity index (χ3n) is 3.49. The van der Waals surface area contributed by atoms with Gasteiger partial charge in [-0.1, -0.05) is 12.1 Å². The minimum Gasteiger partial charge on any atom is -0.378 e. The molecule has 0 spiro atoms. The van der Waals surface area contributed by atoms with Gasteiger partial charge >= 0.3 is 0 Å². The number of halogens is 1. The molecule has 4 heteroatoms. The van der Waals surface area contributed by atoms with Crippen molar-refractivity contribution in [1.82, 2.24) is 9.55 Å². The molecule has 1 aromatic carbocycles. The first kappa shape index (κ1) is 14.1. The van der Waals surface area contributed by atoms with E-state index in [9.17, 15) is 0 Å². The molecule has 0 amide bonds. The third-order valence-corrected chi connectivity index (χ3v) is 4.13. The van der Waals surface area contributed by atoms with Crippen molar-refractivity contribution >= 4 is 21.6 Å². The largest absolute Gasteiger partial charge is 0.378 e. The second-order valence-electron chi connectivity index (χ2n) is 5.02. The second-order valence-corrected chi connectivity index (χ2v) is 5.77. The highest BCUT2D eigenvalue weighted by Gasteiger charge is 2.09. The molecule has 0 aliphatic carbocycles. The molecular formula is C15H20BrN3. The fourth-order valence-corrected chi connectivity index (χ4v) is 2.83. The standard InChI is InChI=1S/C15H20BrN3/c1-11-17-15(16)14(19(11)4)10-7-12-5-8-13(9-6-12)18(2)3/h5-6,8-9H,7,10H2,1-4H3. The van der Waals surface area contributed by atoms with Crippen LogP contribution in [0.1, 0.15) is 17.1 Å². The Morgan fingerprint density at radius 1 is 1.16 bits per heavy atom. The Bertz CT molecular complexity index is 556. The van der Waals surface area contributed by atoms with Crippen LogP contribution < -0.4 is 4.90 Å². The van der Waals surface area contributed by atoms with Crippen LogP contribution in [0.4, 0.5) is 5.69 Å². The Morgan fingerprint density at radius 2 is 1.79 bits per heavy atom. The molecule has 0 bridgehead atoms. The smallest absolute Gasteiger partial charge is 0.127 e. The van der Waals surface area contributed by atoms with Crippen molar-refractivity contribution in [1.29, 1.82) is 0 Å². The Labute approximate surface area is 123 Å². The van der Waals surface area contributed by atoms with E-state index in [0.717, 1.165) is 23.3 Å². The summed E-state index contributed by atoms with van der Waals surface area (Å²) in [5, 5.41) is 0. The van der Waals surface area contributed by atoms with E-state index < -0.39 is 0 Å². The molecule has 19 heavy (non-hydrogen) atoms. The average molecular weight is 322 g/mol. The fraction of sp³-hybridized carbons (Fsp3) is 0.400. The van der Waals surface area contributed by atoms with Crippen molar-refractivity contribution < 1.29 is 0 Å². The number of rotatable bonds is 4. The van der Waals surface area contributed by atoms with Crippen LogP contribution in [0.15, 0.2) is 28.9 Å². The van der Waals surface area contributed by atoms with Crippen LogP contribution in [0.5, 0.6) is 0 Å². The molecular weight excluding hydrogens is 302 g/mol. The van der Waals surface area contributed by atoms with Gasteiger partial charge in [0.2, 0.25) is 0 Å². The van der Waals surface area contributed by atoms with Gasteiger partial charge in [-0.15, -0.1) is 0 Å². The zero-order valence-electron chi connectivity index (χ0n) is 11.9. The van der Waals surface area contributed by atoms with Crippen LogP contribution in [-0.2, 0) is 19.9 Å². The lowest BCUT2D eigenvalue weighted by Crippen LogP contribution is -2.08. The summed E-state index contributed by atoms with van der Waals surface area (Å²) in [7, 11) is 6.19. The maximum Gasteiger partial charge on any atom is 0.127 e. The first-order valence-corrected chi connectivity index (χ1v) is 7.22. The highest BCUT2D eigenvalue weighted by atomic mass is 79.9. The summed E-state index contributed by atoms with van der Waals surface area (Å²) in [6.07, 6.45) is 2.03. The van der Waals surface area contributed by atoms with E-state index in [2.05, 4.69) is 75.8 Å². The first-order chi connectivity index (χ1) is 8.99. The lowest BCUT2D eigenvalue weighted by molar-refractivity contribution is 0.770. The van der Waals surface area contributed by atoms with Gasteiger partial charge in [0, 0.05) is 26.8 Å². The van der Waals surface area contributed by atoms with E-state index in [1.54, 1.807) is 0 Å². The van der Waals surface area contributed by atoms with Gasteiger partial charge in [0.05, 0.1) is 5.69 Å². The van der Waals surface area contributed by atoms with E-state index >= 15 is 0 Å². The first-order valence-electron chi connectivity index (χ1n) is 6.43. The monoisotopic (exact) mass is 321 g/mol. The fourth-order valence-electron chi connectivity index (χ4n) is 2.11. The second kappa shape index (κ2) is 5.78. The van der Waals surface area contributed by atoms with Crippen LogP contribution in [0.2, 0.25) is 0 Å². The number of aromatic nitrogens is 2. The molecule has 102 valence electrons. The predicted octanol–water partition coefficient (Wildman–Crippen LogP) is 3.34. The van der Waals surface area contributed by atoms with Crippen molar-refractivity contribution in [3.63, 3.8) is 0 Å². The number of nitrogens with zero attached hydrogens (tertiary/aromatic N) is 3. The van der Waals surface area contributed by atoms with Gasteiger partial charge in [0.25, 0.3) is 0 Å². The molecule has 0 atom stereocenters. The van der Waals surface area contributed by atoms with Crippen LogP contribution in [0.25, 0.3) is 0 Å². The van der Waals surface area contributed by atoms with E-state index in [1.165, 1.54) is 16.9 Å². The number of imidazole rings is 1. The van der Waals surface area contributed by atoms with E-state index in [0.29, 0.717) is 0 Å². The lowest BCUT2D eigenvalue weighted by Gasteiger charge is -2.12. The Morgan fingerprint density at radius 3 is 2.26 bits per heavy atom. The molecule has 3 nitrogen and oxygen atoms in total. The number of aryl methyl sites for hydroxylation is 2. The van der Waals surface area contributed by atoms with Crippen molar-refractivity contribution in [2.45, 2.75) is 19.8 Å². The summed E-state index contributed by atoms with van der Waals surface area (Å²) in [4.78, 5) is 6.55. The van der Waals surface area contributed by atoms with Crippen LogP contribution in [-0.4, -0.2) is 23.6 Å². The minimum absolute atomic E-state index is 0.970. The van der Waals surface area contributed by atoms with Gasteiger partial charge < -0.3 is 9.47 Å². The Balaban J connectivity index is 2.06. The van der Waals surface area contributed by atoms with Crippen LogP contribution in [0.3, 0.4) is 0 Å². The minimum atomic E-state index is 0.970. The molecule has 2 rings (SSSR count). The number of hydrogen-bond donors (Lipinski definition) is 0. The molecule has 0 aliphatic heterocycles.